The third kappa shape index (κ3) is 2.16. The van der Waals surface area contributed by atoms with Crippen molar-refractivity contribution >= 4 is 6.09 Å². The average molecular weight is 195 g/mol. The van der Waals surface area contributed by atoms with Crippen molar-refractivity contribution in [2.24, 2.45) is 5.41 Å². The molecule has 0 fully saturated rings. The Balaban J connectivity index is 2.88. The second kappa shape index (κ2) is 3.86. The molecule has 14 heavy (non-hydrogen) atoms. The Morgan fingerprint density at radius 3 is 2.50 bits per heavy atom. The van der Waals surface area contributed by atoms with Gasteiger partial charge in [0.05, 0.1) is 13.2 Å². The summed E-state index contributed by atoms with van der Waals surface area (Å²) in [5.41, 5.74) is 0.00937. The van der Waals surface area contributed by atoms with Gasteiger partial charge in [0.15, 0.2) is 0 Å². The van der Waals surface area contributed by atoms with Crippen molar-refractivity contribution in [2.75, 3.05) is 7.11 Å². The minimum Gasteiger partial charge on any atom is -0.452 e. The first-order valence-electron chi connectivity index (χ1n) is 4.68. The standard InChI is InChI=1S/C11H17NO2/c1-11(2,3)9-7-5-6-8-12(9)10(13)14-4/h5-9H,1-4H3. The molecule has 0 aromatic heterocycles. The van der Waals surface area contributed by atoms with E-state index < -0.39 is 0 Å². The molecule has 0 N–H and O–H groups in total. The van der Waals surface area contributed by atoms with Crippen molar-refractivity contribution in [3.05, 3.63) is 24.4 Å². The summed E-state index contributed by atoms with van der Waals surface area (Å²) in [6, 6.07) is 0.0555. The minimum absolute atomic E-state index is 0.00937. The third-order valence-corrected chi connectivity index (χ3v) is 2.22. The highest BCUT2D eigenvalue weighted by Crippen LogP contribution is 2.28. The summed E-state index contributed by atoms with van der Waals surface area (Å²) in [6.45, 7) is 6.28. The molecule has 1 heterocycles. The van der Waals surface area contributed by atoms with Crippen LogP contribution < -0.4 is 0 Å². The van der Waals surface area contributed by atoms with Gasteiger partial charge in [-0.3, -0.25) is 4.90 Å². The van der Waals surface area contributed by atoms with Crippen molar-refractivity contribution in [3.8, 4) is 0 Å². The van der Waals surface area contributed by atoms with Crippen LogP contribution in [0.25, 0.3) is 0 Å². The van der Waals surface area contributed by atoms with Gasteiger partial charge in [-0.05, 0) is 11.5 Å². The van der Waals surface area contributed by atoms with E-state index in [2.05, 4.69) is 20.8 Å². The Labute approximate surface area is 85.0 Å². The molecular weight excluding hydrogens is 178 g/mol. The predicted octanol–water partition coefficient (Wildman–Crippen LogP) is 2.55. The molecule has 1 unspecified atom stereocenters. The summed E-state index contributed by atoms with van der Waals surface area (Å²) < 4.78 is 4.72. The van der Waals surface area contributed by atoms with Gasteiger partial charge in [-0.1, -0.05) is 32.9 Å². The molecule has 1 atom stereocenters. The van der Waals surface area contributed by atoms with E-state index in [0.29, 0.717) is 0 Å². The lowest BCUT2D eigenvalue weighted by Crippen LogP contribution is -2.43. The fourth-order valence-electron chi connectivity index (χ4n) is 1.48. The molecule has 0 aromatic carbocycles. The fraction of sp³-hybridized carbons (Fsp3) is 0.545. The first kappa shape index (κ1) is 10.8. The summed E-state index contributed by atoms with van der Waals surface area (Å²) >= 11 is 0. The van der Waals surface area contributed by atoms with Crippen molar-refractivity contribution in [2.45, 2.75) is 26.8 Å². The Morgan fingerprint density at radius 2 is 2.00 bits per heavy atom. The molecule has 78 valence electrons. The first-order valence-corrected chi connectivity index (χ1v) is 4.68. The first-order chi connectivity index (χ1) is 6.46. The number of carbonyl (C=O) groups excluding carboxylic acids is 1. The van der Waals surface area contributed by atoms with Crippen LogP contribution >= 0.6 is 0 Å². The summed E-state index contributed by atoms with van der Waals surface area (Å²) in [4.78, 5) is 13.1. The number of ether oxygens (including phenoxy) is 1. The average Bonchev–Trinajstić information content (AvgIpc) is 2.15. The molecule has 0 saturated carbocycles. The van der Waals surface area contributed by atoms with Crippen molar-refractivity contribution in [3.63, 3.8) is 0 Å². The molecule has 1 amide bonds. The summed E-state index contributed by atoms with van der Waals surface area (Å²) in [7, 11) is 1.40. The SMILES string of the molecule is COC(=O)N1C=CC=CC1C(C)(C)C. The van der Waals surface area contributed by atoms with E-state index in [0.717, 1.165) is 0 Å². The number of nitrogens with zero attached hydrogens (tertiary/aromatic N) is 1. The third-order valence-electron chi connectivity index (χ3n) is 2.22. The molecule has 0 bridgehead atoms. The van der Waals surface area contributed by atoms with Gasteiger partial charge in [-0.15, -0.1) is 0 Å². The van der Waals surface area contributed by atoms with Crippen molar-refractivity contribution < 1.29 is 9.53 Å². The van der Waals surface area contributed by atoms with E-state index in [1.807, 2.05) is 18.2 Å². The second-order valence-electron chi connectivity index (χ2n) is 4.41. The van der Waals surface area contributed by atoms with Crippen LogP contribution in [0, 0.1) is 5.41 Å². The lowest BCUT2D eigenvalue weighted by Gasteiger charge is -2.36. The number of allylic oxidation sites excluding steroid dienone is 2. The zero-order chi connectivity index (χ0) is 10.8. The van der Waals surface area contributed by atoms with E-state index in [1.165, 1.54) is 7.11 Å². The molecule has 1 aliphatic rings. The normalized spacial score (nSPS) is 21.1. The fourth-order valence-corrected chi connectivity index (χ4v) is 1.48. The molecule has 1 rings (SSSR count). The molecule has 3 heteroatoms. The molecule has 0 aromatic rings. The Kier molecular flexibility index (Phi) is 2.99. The van der Waals surface area contributed by atoms with Crippen LogP contribution in [0.1, 0.15) is 20.8 Å². The van der Waals surface area contributed by atoms with Gasteiger partial charge in [0.1, 0.15) is 0 Å². The molecular formula is C11H17NO2. The largest absolute Gasteiger partial charge is 0.452 e. The van der Waals surface area contributed by atoms with Crippen LogP contribution in [-0.2, 0) is 4.74 Å². The zero-order valence-corrected chi connectivity index (χ0v) is 9.15. The topological polar surface area (TPSA) is 29.5 Å². The maximum Gasteiger partial charge on any atom is 0.414 e. The number of carbonyl (C=O) groups is 1. The highest BCUT2D eigenvalue weighted by Gasteiger charge is 2.31. The van der Waals surface area contributed by atoms with Gasteiger partial charge >= 0.3 is 6.09 Å². The van der Waals surface area contributed by atoms with Crippen LogP contribution in [0.15, 0.2) is 24.4 Å². The van der Waals surface area contributed by atoms with Crippen LogP contribution in [0.3, 0.4) is 0 Å². The van der Waals surface area contributed by atoms with Gasteiger partial charge in [-0.25, -0.2) is 4.79 Å². The van der Waals surface area contributed by atoms with Gasteiger partial charge in [0.2, 0.25) is 0 Å². The lowest BCUT2D eigenvalue weighted by atomic mass is 9.85. The lowest BCUT2D eigenvalue weighted by molar-refractivity contribution is 0.109. The molecule has 0 saturated heterocycles. The molecule has 0 radical (unpaired) electrons. The number of hydrogen-bond acceptors (Lipinski definition) is 2. The van der Waals surface area contributed by atoms with Gasteiger partial charge in [0.25, 0.3) is 0 Å². The highest BCUT2D eigenvalue weighted by atomic mass is 16.5. The van der Waals surface area contributed by atoms with Gasteiger partial charge < -0.3 is 4.74 Å². The van der Waals surface area contributed by atoms with E-state index in [1.54, 1.807) is 11.1 Å². The van der Waals surface area contributed by atoms with E-state index in [-0.39, 0.29) is 17.6 Å². The predicted molar refractivity (Wildman–Crippen MR) is 55.8 cm³/mol. The van der Waals surface area contributed by atoms with Gasteiger partial charge in [0, 0.05) is 6.20 Å². The zero-order valence-electron chi connectivity index (χ0n) is 9.15. The maximum atomic E-state index is 11.4. The number of hydrogen-bond donors (Lipinski definition) is 0. The van der Waals surface area contributed by atoms with Crippen molar-refractivity contribution in [1.82, 2.24) is 4.90 Å². The molecule has 1 aliphatic heterocycles. The van der Waals surface area contributed by atoms with Crippen LogP contribution in [0.5, 0.6) is 0 Å². The molecule has 3 nitrogen and oxygen atoms in total. The Bertz CT molecular complexity index is 274. The summed E-state index contributed by atoms with van der Waals surface area (Å²) in [5.74, 6) is 0. The van der Waals surface area contributed by atoms with Crippen LogP contribution in [-0.4, -0.2) is 24.1 Å². The summed E-state index contributed by atoms with van der Waals surface area (Å²) in [6.07, 6.45) is 7.23. The second-order valence-corrected chi connectivity index (χ2v) is 4.41. The minimum atomic E-state index is -0.314. The van der Waals surface area contributed by atoms with E-state index in [4.69, 9.17) is 4.74 Å². The summed E-state index contributed by atoms with van der Waals surface area (Å²) in [5, 5.41) is 0. The molecule has 0 aliphatic carbocycles. The van der Waals surface area contributed by atoms with Gasteiger partial charge in [-0.2, -0.15) is 0 Å². The molecule has 0 spiro atoms. The monoisotopic (exact) mass is 195 g/mol. The van der Waals surface area contributed by atoms with Crippen LogP contribution in [0.2, 0.25) is 0 Å². The van der Waals surface area contributed by atoms with Crippen molar-refractivity contribution in [1.29, 1.82) is 0 Å². The maximum absolute atomic E-state index is 11.4. The highest BCUT2D eigenvalue weighted by molar-refractivity contribution is 5.70. The Morgan fingerprint density at radius 1 is 1.36 bits per heavy atom. The van der Waals surface area contributed by atoms with E-state index >= 15 is 0 Å². The smallest absolute Gasteiger partial charge is 0.414 e. The number of methoxy groups -OCH3 is 1. The van der Waals surface area contributed by atoms with E-state index in [9.17, 15) is 4.79 Å². The Hall–Kier alpha value is -1.25. The van der Waals surface area contributed by atoms with Crippen LogP contribution in [0.4, 0.5) is 4.79 Å². The number of amides is 1. The quantitative estimate of drug-likeness (QED) is 0.594. The number of rotatable bonds is 0.